The summed E-state index contributed by atoms with van der Waals surface area (Å²) in [4.78, 5) is 25.7. The van der Waals surface area contributed by atoms with Crippen LogP contribution in [0.5, 0.6) is 0 Å². The highest BCUT2D eigenvalue weighted by Gasteiger charge is 2.35. The maximum absolute atomic E-state index is 12.5. The van der Waals surface area contributed by atoms with Gasteiger partial charge in [-0.05, 0) is 23.8 Å². The fraction of sp³-hybridized carbons (Fsp3) is 0.176. The second kappa shape index (κ2) is 6.42. The second-order valence-electron chi connectivity index (χ2n) is 5.18. The first-order chi connectivity index (χ1) is 11.1. The van der Waals surface area contributed by atoms with Gasteiger partial charge >= 0.3 is 12.0 Å². The molecule has 0 saturated carbocycles. The molecule has 118 valence electrons. The first kappa shape index (κ1) is 15.6. The third-order valence-electron chi connectivity index (χ3n) is 3.76. The SMILES string of the molecule is COC(=O)CN1C(=O)Nc2ccc(Br)cc2[C@H]1c1ccccc1. The van der Waals surface area contributed by atoms with E-state index in [1.54, 1.807) is 0 Å². The molecule has 0 unspecified atom stereocenters. The van der Waals surface area contributed by atoms with Crippen molar-refractivity contribution in [2.45, 2.75) is 6.04 Å². The number of fused-ring (bicyclic) bond motifs is 1. The smallest absolute Gasteiger partial charge is 0.325 e. The van der Waals surface area contributed by atoms with E-state index in [9.17, 15) is 9.59 Å². The fourth-order valence-corrected chi connectivity index (χ4v) is 3.09. The minimum absolute atomic E-state index is 0.117. The van der Waals surface area contributed by atoms with Gasteiger partial charge < -0.3 is 15.0 Å². The lowest BCUT2D eigenvalue weighted by atomic mass is 9.94. The van der Waals surface area contributed by atoms with Crippen LogP contribution >= 0.6 is 15.9 Å². The van der Waals surface area contributed by atoms with Crippen LogP contribution in [0.3, 0.4) is 0 Å². The van der Waals surface area contributed by atoms with Gasteiger partial charge in [0.05, 0.1) is 13.2 Å². The molecule has 6 heteroatoms. The molecular formula is C17H15BrN2O3. The third-order valence-corrected chi connectivity index (χ3v) is 4.26. The number of urea groups is 1. The van der Waals surface area contributed by atoms with Crippen LogP contribution in [0.15, 0.2) is 53.0 Å². The van der Waals surface area contributed by atoms with E-state index in [0.29, 0.717) is 0 Å². The Kier molecular flexibility index (Phi) is 4.34. The average molecular weight is 375 g/mol. The molecule has 0 aliphatic carbocycles. The minimum Gasteiger partial charge on any atom is -0.468 e. The van der Waals surface area contributed by atoms with Gasteiger partial charge in [0.25, 0.3) is 0 Å². The molecule has 2 aromatic rings. The Labute approximate surface area is 142 Å². The standard InChI is InChI=1S/C17H15BrN2O3/c1-23-15(21)10-20-16(11-5-3-2-4-6-11)13-9-12(18)7-8-14(13)19-17(20)22/h2-9,16H,10H2,1H3,(H,19,22)/t16-/m1/s1. The van der Waals surface area contributed by atoms with Crippen molar-refractivity contribution in [1.82, 2.24) is 4.90 Å². The summed E-state index contributed by atoms with van der Waals surface area (Å²) in [6, 6.07) is 14.6. The number of hydrogen-bond acceptors (Lipinski definition) is 3. The number of benzene rings is 2. The van der Waals surface area contributed by atoms with E-state index in [4.69, 9.17) is 4.74 Å². The number of ether oxygens (including phenoxy) is 1. The molecule has 0 bridgehead atoms. The van der Waals surface area contributed by atoms with Crippen molar-refractivity contribution < 1.29 is 14.3 Å². The average Bonchev–Trinajstić information content (AvgIpc) is 2.56. The van der Waals surface area contributed by atoms with Crippen LogP contribution in [-0.4, -0.2) is 30.6 Å². The molecule has 0 radical (unpaired) electrons. The molecule has 2 aromatic carbocycles. The lowest BCUT2D eigenvalue weighted by Crippen LogP contribution is -2.45. The summed E-state index contributed by atoms with van der Waals surface area (Å²) in [5.41, 5.74) is 2.60. The Hall–Kier alpha value is -2.34. The largest absolute Gasteiger partial charge is 0.468 e. The highest BCUT2D eigenvalue weighted by Crippen LogP contribution is 2.38. The molecule has 0 saturated heterocycles. The molecule has 0 fully saturated rings. The normalized spacial score (nSPS) is 16.5. The van der Waals surface area contributed by atoms with Crippen molar-refractivity contribution in [3.8, 4) is 0 Å². The predicted molar refractivity (Wildman–Crippen MR) is 90.2 cm³/mol. The van der Waals surface area contributed by atoms with Crippen molar-refractivity contribution in [2.24, 2.45) is 0 Å². The highest BCUT2D eigenvalue weighted by molar-refractivity contribution is 9.10. The summed E-state index contributed by atoms with van der Waals surface area (Å²) in [7, 11) is 1.31. The first-order valence-electron chi connectivity index (χ1n) is 7.09. The third kappa shape index (κ3) is 3.07. The lowest BCUT2D eigenvalue weighted by Gasteiger charge is -2.37. The predicted octanol–water partition coefficient (Wildman–Crippen LogP) is 3.56. The highest BCUT2D eigenvalue weighted by atomic mass is 79.9. The van der Waals surface area contributed by atoms with Crippen LogP contribution in [0.4, 0.5) is 10.5 Å². The molecule has 2 amide bonds. The Bertz CT molecular complexity index is 749. The van der Waals surface area contributed by atoms with E-state index in [1.807, 2.05) is 48.5 Å². The van der Waals surface area contributed by atoms with Crippen molar-refractivity contribution >= 4 is 33.6 Å². The van der Waals surface area contributed by atoms with Gasteiger partial charge in [-0.1, -0.05) is 46.3 Å². The summed E-state index contributed by atoms with van der Waals surface area (Å²) in [6.07, 6.45) is 0. The van der Waals surface area contributed by atoms with Crippen molar-refractivity contribution in [3.63, 3.8) is 0 Å². The zero-order chi connectivity index (χ0) is 16.4. The quantitative estimate of drug-likeness (QED) is 0.835. The van der Waals surface area contributed by atoms with E-state index in [1.165, 1.54) is 12.0 Å². The number of methoxy groups -OCH3 is 1. The summed E-state index contributed by atoms with van der Waals surface area (Å²) in [6.45, 7) is -0.117. The van der Waals surface area contributed by atoms with Gasteiger partial charge in [-0.15, -0.1) is 0 Å². The number of nitrogens with zero attached hydrogens (tertiary/aromatic N) is 1. The van der Waals surface area contributed by atoms with Gasteiger partial charge in [0, 0.05) is 15.7 Å². The molecule has 3 rings (SSSR count). The van der Waals surface area contributed by atoms with Gasteiger partial charge in [-0.3, -0.25) is 4.79 Å². The summed E-state index contributed by atoms with van der Waals surface area (Å²) >= 11 is 3.47. The maximum atomic E-state index is 12.5. The van der Waals surface area contributed by atoms with Crippen LogP contribution in [-0.2, 0) is 9.53 Å². The van der Waals surface area contributed by atoms with Gasteiger partial charge in [0.2, 0.25) is 0 Å². The number of carbonyl (C=O) groups excluding carboxylic acids is 2. The molecule has 1 aliphatic rings. The van der Waals surface area contributed by atoms with Crippen LogP contribution in [0.2, 0.25) is 0 Å². The molecule has 1 aliphatic heterocycles. The summed E-state index contributed by atoms with van der Waals surface area (Å²) in [5, 5.41) is 2.82. The Morgan fingerprint density at radius 2 is 2.00 bits per heavy atom. The maximum Gasteiger partial charge on any atom is 0.325 e. The fourth-order valence-electron chi connectivity index (χ4n) is 2.71. The van der Waals surface area contributed by atoms with Crippen molar-refractivity contribution in [1.29, 1.82) is 0 Å². The van der Waals surface area contributed by atoms with Crippen molar-refractivity contribution in [2.75, 3.05) is 19.0 Å². The van der Waals surface area contributed by atoms with E-state index >= 15 is 0 Å². The molecule has 0 aromatic heterocycles. The zero-order valence-electron chi connectivity index (χ0n) is 12.5. The monoisotopic (exact) mass is 374 g/mol. The number of esters is 1. The first-order valence-corrected chi connectivity index (χ1v) is 7.88. The molecule has 1 heterocycles. The van der Waals surface area contributed by atoms with Crippen LogP contribution in [0, 0.1) is 0 Å². The summed E-state index contributed by atoms with van der Waals surface area (Å²) in [5.74, 6) is -0.459. The number of anilines is 1. The number of carbonyl (C=O) groups is 2. The lowest BCUT2D eigenvalue weighted by molar-refractivity contribution is -0.141. The topological polar surface area (TPSA) is 58.6 Å². The number of halogens is 1. The van der Waals surface area contributed by atoms with Gasteiger partial charge in [0.15, 0.2) is 0 Å². The van der Waals surface area contributed by atoms with Crippen LogP contribution < -0.4 is 5.32 Å². The molecule has 1 atom stereocenters. The van der Waals surface area contributed by atoms with Crippen LogP contribution in [0.25, 0.3) is 0 Å². The second-order valence-corrected chi connectivity index (χ2v) is 6.09. The van der Waals surface area contributed by atoms with E-state index < -0.39 is 5.97 Å². The molecular weight excluding hydrogens is 360 g/mol. The minimum atomic E-state index is -0.459. The van der Waals surface area contributed by atoms with Gasteiger partial charge in [-0.25, -0.2) is 4.79 Å². The number of amides is 2. The number of nitrogens with one attached hydrogen (secondary N) is 1. The van der Waals surface area contributed by atoms with Crippen molar-refractivity contribution in [3.05, 3.63) is 64.1 Å². The Morgan fingerprint density at radius 3 is 2.70 bits per heavy atom. The van der Waals surface area contributed by atoms with Crippen LogP contribution in [0.1, 0.15) is 17.2 Å². The van der Waals surface area contributed by atoms with E-state index in [-0.39, 0.29) is 18.6 Å². The van der Waals surface area contributed by atoms with Gasteiger partial charge in [-0.2, -0.15) is 0 Å². The number of rotatable bonds is 3. The number of hydrogen-bond donors (Lipinski definition) is 1. The molecule has 1 N–H and O–H groups in total. The molecule has 5 nitrogen and oxygen atoms in total. The molecule has 23 heavy (non-hydrogen) atoms. The van der Waals surface area contributed by atoms with E-state index in [2.05, 4.69) is 21.2 Å². The summed E-state index contributed by atoms with van der Waals surface area (Å²) < 4.78 is 5.64. The Morgan fingerprint density at radius 1 is 1.26 bits per heavy atom. The Balaban J connectivity index is 2.12. The van der Waals surface area contributed by atoms with Gasteiger partial charge in [0.1, 0.15) is 6.54 Å². The molecule has 0 spiro atoms. The zero-order valence-corrected chi connectivity index (χ0v) is 14.0. The van der Waals surface area contributed by atoms with E-state index in [0.717, 1.165) is 21.3 Å².